The Kier molecular flexibility index (Phi) is 3.92. The number of nitrogens with zero attached hydrogens (tertiary/aromatic N) is 1. The van der Waals surface area contributed by atoms with Crippen LogP contribution in [0.2, 0.25) is 0 Å². The summed E-state index contributed by atoms with van der Waals surface area (Å²) in [6.45, 7) is 5.33. The average Bonchev–Trinajstić information content (AvgIpc) is 2.67. The molecule has 6 nitrogen and oxygen atoms in total. The van der Waals surface area contributed by atoms with E-state index in [0.29, 0.717) is 0 Å². The number of Topliss-reactive ketones (excluding diaryl/α,β-unsaturated/α-hetero) is 2. The van der Waals surface area contributed by atoms with Crippen molar-refractivity contribution in [2.45, 2.75) is 26.4 Å². The summed E-state index contributed by atoms with van der Waals surface area (Å²) >= 11 is 0. The van der Waals surface area contributed by atoms with Gasteiger partial charge in [-0.1, -0.05) is 0 Å². The lowest BCUT2D eigenvalue weighted by Crippen LogP contribution is -2.35. The monoisotopic (exact) mass is 225 g/mol. The van der Waals surface area contributed by atoms with E-state index in [1.807, 2.05) is 20.8 Å². The molecule has 88 valence electrons. The second-order valence-electron chi connectivity index (χ2n) is 4.23. The number of carbonyl (C=O) groups is 2. The highest BCUT2D eigenvalue weighted by Gasteiger charge is 2.19. The number of nitrogens with one attached hydrogen (secondary N) is 2. The molecule has 0 saturated heterocycles. The molecule has 6 heteroatoms. The number of ketones is 2. The second-order valence-corrected chi connectivity index (χ2v) is 4.23. The van der Waals surface area contributed by atoms with Gasteiger partial charge in [-0.05, 0) is 20.8 Å². The topological polar surface area (TPSA) is 84.1 Å². The number of hydrogen-bond acceptors (Lipinski definition) is 5. The van der Waals surface area contributed by atoms with Crippen LogP contribution in [-0.4, -0.2) is 33.7 Å². The van der Waals surface area contributed by atoms with Gasteiger partial charge in [-0.25, -0.2) is 4.98 Å². The summed E-state index contributed by atoms with van der Waals surface area (Å²) in [5.41, 5.74) is 2.05. The molecule has 16 heavy (non-hydrogen) atoms. The first kappa shape index (κ1) is 12.5. The summed E-state index contributed by atoms with van der Waals surface area (Å²) in [4.78, 5) is 34.2. The van der Waals surface area contributed by atoms with E-state index < -0.39 is 17.2 Å². The van der Waals surface area contributed by atoms with Crippen LogP contribution in [0.5, 0.6) is 0 Å². The fraction of sp³-hybridized carbons (Fsp3) is 0.500. The Morgan fingerprint density at radius 2 is 2.19 bits per heavy atom. The lowest BCUT2D eigenvalue weighted by molar-refractivity contribution is -0.121. The Bertz CT molecular complexity index is 365. The smallest absolute Gasteiger partial charge is 0.265 e. The van der Waals surface area contributed by atoms with Gasteiger partial charge in [0.15, 0.2) is 5.82 Å². The average molecular weight is 225 g/mol. The number of hydroxylamine groups is 1. The van der Waals surface area contributed by atoms with E-state index >= 15 is 0 Å². The highest BCUT2D eigenvalue weighted by Crippen LogP contribution is 2.03. The first-order chi connectivity index (χ1) is 7.40. The van der Waals surface area contributed by atoms with Crippen molar-refractivity contribution in [2.75, 3.05) is 6.54 Å². The van der Waals surface area contributed by atoms with E-state index in [1.54, 1.807) is 0 Å². The molecule has 0 aliphatic rings. The van der Waals surface area contributed by atoms with Crippen LogP contribution < -0.4 is 5.48 Å². The molecule has 1 heterocycles. The Balaban J connectivity index is 2.39. The van der Waals surface area contributed by atoms with Crippen LogP contribution >= 0.6 is 0 Å². The van der Waals surface area contributed by atoms with Gasteiger partial charge >= 0.3 is 0 Å². The molecule has 0 spiro atoms. The van der Waals surface area contributed by atoms with Crippen molar-refractivity contribution < 1.29 is 14.4 Å². The molecule has 1 rings (SSSR count). The van der Waals surface area contributed by atoms with Gasteiger partial charge < -0.3 is 4.98 Å². The highest BCUT2D eigenvalue weighted by molar-refractivity contribution is 6.43. The second kappa shape index (κ2) is 5.00. The molecule has 0 aliphatic heterocycles. The van der Waals surface area contributed by atoms with Gasteiger partial charge in [-0.15, -0.1) is 0 Å². The molecule has 0 aromatic carbocycles. The van der Waals surface area contributed by atoms with Crippen LogP contribution in [0.1, 0.15) is 31.4 Å². The van der Waals surface area contributed by atoms with Crippen molar-refractivity contribution in [3.8, 4) is 0 Å². The molecule has 0 aliphatic carbocycles. The third-order valence-corrected chi connectivity index (χ3v) is 1.58. The number of aromatic nitrogens is 2. The van der Waals surface area contributed by atoms with E-state index in [0.717, 1.165) is 0 Å². The molecule has 0 bridgehead atoms. The highest BCUT2D eigenvalue weighted by atomic mass is 16.7. The number of imidazole rings is 1. The van der Waals surface area contributed by atoms with Crippen molar-refractivity contribution in [3.05, 3.63) is 18.2 Å². The van der Waals surface area contributed by atoms with Crippen molar-refractivity contribution in [1.82, 2.24) is 15.4 Å². The molecule has 0 radical (unpaired) electrons. The molecular formula is C10H15N3O3. The zero-order chi connectivity index (χ0) is 12.2. The summed E-state index contributed by atoms with van der Waals surface area (Å²) in [5, 5.41) is 0. The third kappa shape index (κ3) is 3.92. The largest absolute Gasteiger partial charge is 0.342 e. The van der Waals surface area contributed by atoms with Gasteiger partial charge in [-0.3, -0.25) is 14.4 Å². The van der Waals surface area contributed by atoms with Crippen LogP contribution in [0.3, 0.4) is 0 Å². The Morgan fingerprint density at radius 1 is 1.50 bits per heavy atom. The lowest BCUT2D eigenvalue weighted by Gasteiger charge is -2.18. The standard InChI is InChI=1S/C10H15N3O3/c1-10(2,3)16-13-6-7(14)8(15)9-11-4-5-12-9/h4-5,13H,6H2,1-3H3,(H,11,12). The predicted octanol–water partition coefficient (Wildman–Crippen LogP) is 0.481. The third-order valence-electron chi connectivity index (χ3n) is 1.58. The molecule has 1 aromatic heterocycles. The van der Waals surface area contributed by atoms with Crippen molar-refractivity contribution in [1.29, 1.82) is 0 Å². The van der Waals surface area contributed by atoms with Crippen molar-refractivity contribution >= 4 is 11.6 Å². The summed E-state index contributed by atoms with van der Waals surface area (Å²) in [7, 11) is 0. The van der Waals surface area contributed by atoms with E-state index in [2.05, 4.69) is 15.4 Å². The Morgan fingerprint density at radius 3 is 2.69 bits per heavy atom. The van der Waals surface area contributed by atoms with Crippen LogP contribution in [0, 0.1) is 0 Å². The van der Waals surface area contributed by atoms with Gasteiger partial charge in [0.25, 0.3) is 5.78 Å². The van der Waals surface area contributed by atoms with Crippen LogP contribution in [-0.2, 0) is 9.63 Å². The fourth-order valence-electron chi connectivity index (χ4n) is 0.920. The van der Waals surface area contributed by atoms with Gasteiger partial charge in [0.05, 0.1) is 12.1 Å². The minimum Gasteiger partial charge on any atom is -0.342 e. The first-order valence-electron chi connectivity index (χ1n) is 4.88. The first-order valence-corrected chi connectivity index (χ1v) is 4.88. The Labute approximate surface area is 93.4 Å². The quantitative estimate of drug-likeness (QED) is 0.432. The molecule has 0 fully saturated rings. The molecule has 0 unspecified atom stereocenters. The SMILES string of the molecule is CC(C)(C)ONCC(=O)C(=O)c1ncc[nH]1. The zero-order valence-corrected chi connectivity index (χ0v) is 9.53. The van der Waals surface area contributed by atoms with E-state index in [9.17, 15) is 9.59 Å². The number of hydrogen-bond donors (Lipinski definition) is 2. The summed E-state index contributed by atoms with van der Waals surface area (Å²) < 4.78 is 0. The maximum atomic E-state index is 11.4. The number of rotatable bonds is 5. The molecule has 2 N–H and O–H groups in total. The predicted molar refractivity (Wildman–Crippen MR) is 56.8 cm³/mol. The summed E-state index contributed by atoms with van der Waals surface area (Å²) in [6.07, 6.45) is 2.90. The normalized spacial score (nSPS) is 11.4. The van der Waals surface area contributed by atoms with E-state index in [1.165, 1.54) is 12.4 Å². The summed E-state index contributed by atoms with van der Waals surface area (Å²) in [5.74, 6) is -1.21. The fourth-order valence-corrected chi connectivity index (χ4v) is 0.920. The summed E-state index contributed by atoms with van der Waals surface area (Å²) in [6, 6.07) is 0. The van der Waals surface area contributed by atoms with E-state index in [4.69, 9.17) is 4.84 Å². The number of aromatic amines is 1. The number of H-pyrrole nitrogens is 1. The van der Waals surface area contributed by atoms with Crippen LogP contribution in [0.4, 0.5) is 0 Å². The van der Waals surface area contributed by atoms with Gasteiger partial charge in [0.2, 0.25) is 5.78 Å². The molecule has 0 saturated carbocycles. The molecule has 0 amide bonds. The van der Waals surface area contributed by atoms with E-state index in [-0.39, 0.29) is 12.4 Å². The van der Waals surface area contributed by atoms with Gasteiger partial charge in [0, 0.05) is 12.4 Å². The maximum Gasteiger partial charge on any atom is 0.265 e. The molecular weight excluding hydrogens is 210 g/mol. The van der Waals surface area contributed by atoms with Crippen molar-refractivity contribution in [3.63, 3.8) is 0 Å². The number of carbonyl (C=O) groups excluding carboxylic acids is 2. The maximum absolute atomic E-state index is 11.4. The van der Waals surface area contributed by atoms with Gasteiger partial charge in [-0.2, -0.15) is 5.48 Å². The molecule has 1 aromatic rings. The van der Waals surface area contributed by atoms with Gasteiger partial charge in [0.1, 0.15) is 0 Å². The zero-order valence-electron chi connectivity index (χ0n) is 9.53. The van der Waals surface area contributed by atoms with Crippen molar-refractivity contribution in [2.24, 2.45) is 0 Å². The Hall–Kier alpha value is -1.53. The van der Waals surface area contributed by atoms with Crippen LogP contribution in [0.15, 0.2) is 12.4 Å². The van der Waals surface area contributed by atoms with Crippen LogP contribution in [0.25, 0.3) is 0 Å². The lowest BCUT2D eigenvalue weighted by atomic mass is 10.2. The minimum atomic E-state index is -0.657. The minimum absolute atomic E-state index is 0.0440. The molecule has 0 atom stereocenters.